The second-order valence-corrected chi connectivity index (χ2v) is 4.36. The summed E-state index contributed by atoms with van der Waals surface area (Å²) in [6.45, 7) is 0. The molecule has 0 bridgehead atoms. The average molecular weight is 274 g/mol. The highest BCUT2D eigenvalue weighted by molar-refractivity contribution is 7.98. The molecule has 2 aromatic heterocycles. The largest absolute Gasteiger partial charge is 0.423 e. The van der Waals surface area contributed by atoms with Crippen LogP contribution < -0.4 is 10.5 Å². The molecule has 2 N–H and O–H groups in total. The van der Waals surface area contributed by atoms with Crippen LogP contribution in [0, 0.1) is 0 Å². The molecule has 0 atom stereocenters. The quantitative estimate of drug-likeness (QED) is 0.725. The van der Waals surface area contributed by atoms with Crippen LogP contribution in [-0.4, -0.2) is 30.8 Å². The minimum Gasteiger partial charge on any atom is -0.423 e. The number of nitrogens with zero attached hydrogens (tertiary/aromatic N) is 5. The van der Waals surface area contributed by atoms with Crippen molar-refractivity contribution in [3.63, 3.8) is 0 Å². The molecule has 0 spiro atoms. The summed E-state index contributed by atoms with van der Waals surface area (Å²) in [6.07, 6.45) is 1.86. The fourth-order valence-electron chi connectivity index (χ4n) is 1.50. The molecular formula is C11H10N6OS. The first-order valence-electron chi connectivity index (χ1n) is 5.43. The second kappa shape index (κ2) is 4.73. The number of hydrogen-bond donors (Lipinski definition) is 1. The van der Waals surface area contributed by atoms with Crippen molar-refractivity contribution >= 4 is 23.5 Å². The van der Waals surface area contributed by atoms with Crippen LogP contribution in [0.5, 0.6) is 11.8 Å². The summed E-state index contributed by atoms with van der Waals surface area (Å²) < 4.78 is 6.86. The molecule has 0 unspecified atom stereocenters. The molecule has 0 saturated carbocycles. The molecule has 0 amide bonds. The van der Waals surface area contributed by atoms with E-state index in [4.69, 9.17) is 10.5 Å². The van der Waals surface area contributed by atoms with Crippen molar-refractivity contribution < 1.29 is 4.74 Å². The summed E-state index contributed by atoms with van der Waals surface area (Å²) in [7, 11) is 0. The van der Waals surface area contributed by atoms with Gasteiger partial charge < -0.3 is 10.5 Å². The van der Waals surface area contributed by atoms with Gasteiger partial charge >= 0.3 is 6.01 Å². The van der Waals surface area contributed by atoms with Crippen LogP contribution >= 0.6 is 11.8 Å². The van der Waals surface area contributed by atoms with Gasteiger partial charge in [-0.1, -0.05) is 30.0 Å². The minimum atomic E-state index is 0.186. The van der Waals surface area contributed by atoms with E-state index in [0.717, 1.165) is 0 Å². The fourth-order valence-corrected chi connectivity index (χ4v) is 1.85. The number of nitrogen functional groups attached to an aromatic ring is 1. The van der Waals surface area contributed by atoms with E-state index in [1.54, 1.807) is 0 Å². The summed E-state index contributed by atoms with van der Waals surface area (Å²) in [4.78, 5) is 12.4. The lowest BCUT2D eigenvalue weighted by Crippen LogP contribution is -2.04. The molecule has 2 heterocycles. The van der Waals surface area contributed by atoms with E-state index in [1.807, 2.05) is 36.6 Å². The second-order valence-electron chi connectivity index (χ2n) is 3.59. The predicted molar refractivity (Wildman–Crippen MR) is 71.3 cm³/mol. The van der Waals surface area contributed by atoms with E-state index >= 15 is 0 Å². The third kappa shape index (κ3) is 2.29. The van der Waals surface area contributed by atoms with E-state index in [0.29, 0.717) is 16.7 Å². The van der Waals surface area contributed by atoms with Gasteiger partial charge in [0.05, 0.1) is 0 Å². The van der Waals surface area contributed by atoms with Crippen molar-refractivity contribution in [1.82, 2.24) is 24.6 Å². The van der Waals surface area contributed by atoms with Crippen LogP contribution in [0.25, 0.3) is 5.78 Å². The summed E-state index contributed by atoms with van der Waals surface area (Å²) in [5, 5.41) is 4.65. The third-order valence-electron chi connectivity index (χ3n) is 2.33. The number of aromatic nitrogens is 5. The molecule has 1 aromatic carbocycles. The van der Waals surface area contributed by atoms with E-state index in [9.17, 15) is 0 Å². The van der Waals surface area contributed by atoms with Crippen molar-refractivity contribution in [3.05, 3.63) is 30.3 Å². The van der Waals surface area contributed by atoms with Crippen molar-refractivity contribution in [3.8, 4) is 11.8 Å². The van der Waals surface area contributed by atoms with E-state index < -0.39 is 0 Å². The SMILES string of the molecule is CSc1nc(N)n2nc(Oc3ccccc3)nc2n1. The molecule has 0 radical (unpaired) electrons. The first kappa shape index (κ1) is 11.7. The molecule has 8 heteroatoms. The Bertz CT molecular complexity index is 714. The lowest BCUT2D eigenvalue weighted by Gasteiger charge is -1.98. The van der Waals surface area contributed by atoms with Crippen molar-refractivity contribution in [2.45, 2.75) is 5.16 Å². The van der Waals surface area contributed by atoms with Gasteiger partial charge in [-0.25, -0.2) is 0 Å². The van der Waals surface area contributed by atoms with Crippen LogP contribution in [0.3, 0.4) is 0 Å². The molecule has 3 aromatic rings. The maximum absolute atomic E-state index is 5.78. The Morgan fingerprint density at radius 1 is 1.16 bits per heavy atom. The Kier molecular flexibility index (Phi) is 2.92. The topological polar surface area (TPSA) is 91.2 Å². The molecule has 0 aliphatic rings. The normalized spacial score (nSPS) is 10.8. The van der Waals surface area contributed by atoms with Gasteiger partial charge in [0.2, 0.25) is 5.95 Å². The first-order valence-corrected chi connectivity index (χ1v) is 6.66. The fraction of sp³-hybridized carbons (Fsp3) is 0.0909. The molecule has 96 valence electrons. The summed E-state index contributed by atoms with van der Waals surface area (Å²) in [5.41, 5.74) is 5.78. The molecule has 7 nitrogen and oxygen atoms in total. The van der Waals surface area contributed by atoms with Gasteiger partial charge in [0.15, 0.2) is 5.16 Å². The number of rotatable bonds is 3. The first-order chi connectivity index (χ1) is 9.26. The summed E-state index contributed by atoms with van der Waals surface area (Å²) >= 11 is 1.39. The molecule has 0 aliphatic carbocycles. The van der Waals surface area contributed by atoms with Gasteiger partial charge in [-0.3, -0.25) is 0 Å². The highest BCUT2D eigenvalue weighted by atomic mass is 32.2. The van der Waals surface area contributed by atoms with Gasteiger partial charge in [0.1, 0.15) is 5.75 Å². The maximum Gasteiger partial charge on any atom is 0.343 e. The predicted octanol–water partition coefficient (Wildman–Crippen LogP) is 1.62. The van der Waals surface area contributed by atoms with E-state index in [-0.39, 0.29) is 12.0 Å². The molecule has 0 fully saturated rings. The van der Waals surface area contributed by atoms with Crippen LogP contribution in [0.4, 0.5) is 5.95 Å². The van der Waals surface area contributed by atoms with Crippen molar-refractivity contribution in [2.75, 3.05) is 12.0 Å². The zero-order chi connectivity index (χ0) is 13.2. The maximum atomic E-state index is 5.78. The van der Waals surface area contributed by atoms with Crippen molar-refractivity contribution in [2.24, 2.45) is 0 Å². The molecule has 0 aliphatic heterocycles. The Labute approximate surface area is 112 Å². The van der Waals surface area contributed by atoms with Gasteiger partial charge in [-0.2, -0.15) is 19.5 Å². The van der Waals surface area contributed by atoms with Gasteiger partial charge in [0.25, 0.3) is 5.78 Å². The number of para-hydroxylation sites is 1. The number of hydrogen-bond acceptors (Lipinski definition) is 7. The lowest BCUT2D eigenvalue weighted by molar-refractivity contribution is 0.442. The van der Waals surface area contributed by atoms with Crippen LogP contribution in [0.15, 0.2) is 35.5 Å². The Balaban J connectivity index is 2.00. The Hall–Kier alpha value is -2.35. The summed E-state index contributed by atoms with van der Waals surface area (Å²) in [5.74, 6) is 1.24. The van der Waals surface area contributed by atoms with Crippen LogP contribution in [0.2, 0.25) is 0 Å². The number of ether oxygens (including phenoxy) is 1. The third-order valence-corrected chi connectivity index (χ3v) is 2.88. The standard InChI is InChI=1S/C11H10N6OS/c1-19-11-13-8(12)17-9(15-11)14-10(16-17)18-7-5-3-2-4-6-7/h2-6H,1H3,(H2,12,13,14,15,16). The number of nitrogens with two attached hydrogens (primary N) is 1. The Morgan fingerprint density at radius 2 is 1.95 bits per heavy atom. The van der Waals surface area contributed by atoms with Crippen LogP contribution in [-0.2, 0) is 0 Å². The van der Waals surface area contributed by atoms with Gasteiger partial charge in [-0.05, 0) is 18.4 Å². The molecule has 0 saturated heterocycles. The average Bonchev–Trinajstić information content (AvgIpc) is 2.83. The zero-order valence-electron chi connectivity index (χ0n) is 10.0. The van der Waals surface area contributed by atoms with Gasteiger partial charge in [-0.15, -0.1) is 5.10 Å². The van der Waals surface area contributed by atoms with Crippen molar-refractivity contribution in [1.29, 1.82) is 0 Å². The molecule has 3 rings (SSSR count). The number of benzene rings is 1. The molecular weight excluding hydrogens is 264 g/mol. The number of fused-ring (bicyclic) bond motifs is 1. The molecule has 19 heavy (non-hydrogen) atoms. The smallest absolute Gasteiger partial charge is 0.343 e. The number of thioether (sulfide) groups is 1. The highest BCUT2D eigenvalue weighted by Gasteiger charge is 2.11. The van der Waals surface area contributed by atoms with E-state index in [2.05, 4.69) is 20.1 Å². The van der Waals surface area contributed by atoms with Crippen LogP contribution in [0.1, 0.15) is 0 Å². The minimum absolute atomic E-state index is 0.186. The monoisotopic (exact) mass is 274 g/mol. The summed E-state index contributed by atoms with van der Waals surface area (Å²) in [6, 6.07) is 9.45. The number of anilines is 1. The Morgan fingerprint density at radius 3 is 2.68 bits per heavy atom. The van der Waals surface area contributed by atoms with Gasteiger partial charge in [0, 0.05) is 0 Å². The van der Waals surface area contributed by atoms with E-state index in [1.165, 1.54) is 16.3 Å². The lowest BCUT2D eigenvalue weighted by atomic mass is 10.3. The highest BCUT2D eigenvalue weighted by Crippen LogP contribution is 2.19. The zero-order valence-corrected chi connectivity index (χ0v) is 10.8.